The van der Waals surface area contributed by atoms with Gasteiger partial charge in [0, 0.05) is 12.3 Å². The van der Waals surface area contributed by atoms with Crippen LogP contribution in [0.4, 0.5) is 11.4 Å². The Kier molecular flexibility index (Phi) is 4.50. The summed E-state index contributed by atoms with van der Waals surface area (Å²) in [5, 5.41) is 15.0. The smallest absolute Gasteiger partial charge is 0.249 e. The van der Waals surface area contributed by atoms with Crippen LogP contribution in [0.2, 0.25) is 0 Å². The Morgan fingerprint density at radius 2 is 1.88 bits per heavy atom. The van der Waals surface area contributed by atoms with Crippen LogP contribution >= 0.6 is 0 Å². The van der Waals surface area contributed by atoms with Gasteiger partial charge in [0.05, 0.1) is 11.4 Å². The lowest BCUT2D eigenvalue weighted by Gasteiger charge is -2.11. The number of aliphatic imine (C=N–C) groups is 1. The van der Waals surface area contributed by atoms with E-state index in [1.165, 1.54) is 12.3 Å². The molecule has 2 N–H and O–H groups in total. The van der Waals surface area contributed by atoms with Crippen molar-refractivity contribution in [2.24, 2.45) is 4.99 Å². The third-order valence-corrected chi connectivity index (χ3v) is 3.36. The minimum Gasteiger partial charge on any atom is -0.339 e. The SMILES string of the molecule is N#CC1=C(NC(=O)/C=C/c2ccccc2)Nc2ccccc2N=C1. The molecule has 1 aliphatic heterocycles. The molecule has 0 fully saturated rings. The largest absolute Gasteiger partial charge is 0.339 e. The number of nitrogens with one attached hydrogen (secondary N) is 2. The number of allylic oxidation sites excluding steroid dienone is 1. The van der Waals surface area contributed by atoms with Gasteiger partial charge < -0.3 is 10.6 Å². The van der Waals surface area contributed by atoms with Crippen molar-refractivity contribution in [3.63, 3.8) is 0 Å². The van der Waals surface area contributed by atoms with Crippen LogP contribution in [-0.4, -0.2) is 12.1 Å². The van der Waals surface area contributed by atoms with Crippen LogP contribution in [0.3, 0.4) is 0 Å². The number of nitriles is 1. The van der Waals surface area contributed by atoms with Gasteiger partial charge in [0.1, 0.15) is 17.5 Å². The van der Waals surface area contributed by atoms with Crippen LogP contribution in [0, 0.1) is 11.3 Å². The molecule has 1 heterocycles. The molecule has 2 aromatic rings. The Morgan fingerprint density at radius 1 is 1.12 bits per heavy atom. The first-order valence-electron chi connectivity index (χ1n) is 7.35. The van der Waals surface area contributed by atoms with Gasteiger partial charge in [0.25, 0.3) is 0 Å². The second-order valence-corrected chi connectivity index (χ2v) is 5.03. The number of nitrogens with zero attached hydrogens (tertiary/aromatic N) is 2. The summed E-state index contributed by atoms with van der Waals surface area (Å²) in [6.07, 6.45) is 4.57. The van der Waals surface area contributed by atoms with Gasteiger partial charge in [0.15, 0.2) is 0 Å². The Hall–Kier alpha value is -3.65. The van der Waals surface area contributed by atoms with Crippen LogP contribution in [0.25, 0.3) is 6.08 Å². The Morgan fingerprint density at radius 3 is 2.67 bits per heavy atom. The van der Waals surface area contributed by atoms with E-state index in [0.29, 0.717) is 11.5 Å². The zero-order valence-electron chi connectivity index (χ0n) is 12.7. The van der Waals surface area contributed by atoms with E-state index in [-0.39, 0.29) is 11.5 Å². The maximum atomic E-state index is 12.1. The van der Waals surface area contributed by atoms with Gasteiger partial charge in [-0.15, -0.1) is 0 Å². The number of hydrogen-bond acceptors (Lipinski definition) is 4. The minimum absolute atomic E-state index is 0.257. The first kappa shape index (κ1) is 15.3. The molecule has 0 radical (unpaired) electrons. The van der Waals surface area contributed by atoms with Crippen LogP contribution in [-0.2, 0) is 4.79 Å². The molecule has 0 bridgehead atoms. The van der Waals surface area contributed by atoms with Gasteiger partial charge in [0.2, 0.25) is 5.91 Å². The maximum Gasteiger partial charge on any atom is 0.249 e. The Balaban J connectivity index is 1.79. The lowest BCUT2D eigenvalue weighted by atomic mass is 10.2. The normalized spacial score (nSPS) is 13.0. The number of para-hydroxylation sites is 2. The quantitative estimate of drug-likeness (QED) is 0.853. The van der Waals surface area contributed by atoms with Crippen molar-refractivity contribution < 1.29 is 4.79 Å². The number of amides is 1. The summed E-state index contributed by atoms with van der Waals surface area (Å²) >= 11 is 0. The lowest BCUT2D eigenvalue weighted by molar-refractivity contribution is -0.115. The fourth-order valence-corrected chi connectivity index (χ4v) is 2.18. The van der Waals surface area contributed by atoms with Crippen molar-refractivity contribution in [3.05, 3.63) is 77.6 Å². The highest BCUT2D eigenvalue weighted by atomic mass is 16.1. The highest BCUT2D eigenvalue weighted by Crippen LogP contribution is 2.27. The van der Waals surface area contributed by atoms with Crippen molar-refractivity contribution >= 4 is 29.6 Å². The standard InChI is InChI=1S/C19H14N4O/c20-12-15-13-21-16-8-4-5-9-17(16)22-19(15)23-18(24)11-10-14-6-2-1-3-7-14/h1-11,13,22H,(H,23,24)/b11-10+. The molecule has 24 heavy (non-hydrogen) atoms. The number of fused-ring (bicyclic) bond motifs is 1. The molecule has 0 spiro atoms. The summed E-state index contributed by atoms with van der Waals surface area (Å²) < 4.78 is 0. The summed E-state index contributed by atoms with van der Waals surface area (Å²) in [5.41, 5.74) is 2.60. The number of carbonyl (C=O) groups is 1. The van der Waals surface area contributed by atoms with Crippen molar-refractivity contribution in [2.45, 2.75) is 0 Å². The first-order valence-corrected chi connectivity index (χ1v) is 7.35. The first-order chi connectivity index (χ1) is 11.8. The zero-order chi connectivity index (χ0) is 16.8. The van der Waals surface area contributed by atoms with E-state index in [0.717, 1.165) is 11.3 Å². The summed E-state index contributed by atoms with van der Waals surface area (Å²) in [4.78, 5) is 16.4. The van der Waals surface area contributed by atoms with Crippen molar-refractivity contribution in [3.8, 4) is 6.07 Å². The predicted molar refractivity (Wildman–Crippen MR) is 94.5 cm³/mol. The van der Waals surface area contributed by atoms with Gasteiger partial charge >= 0.3 is 0 Å². The fraction of sp³-hybridized carbons (Fsp3) is 0. The number of anilines is 1. The highest BCUT2D eigenvalue weighted by molar-refractivity contribution is 5.97. The van der Waals surface area contributed by atoms with E-state index in [4.69, 9.17) is 0 Å². The molecule has 0 unspecified atom stereocenters. The highest BCUT2D eigenvalue weighted by Gasteiger charge is 2.13. The summed E-state index contributed by atoms with van der Waals surface area (Å²) in [6.45, 7) is 0. The molecule has 0 saturated carbocycles. The van der Waals surface area contributed by atoms with Gasteiger partial charge in [-0.05, 0) is 23.8 Å². The van der Waals surface area contributed by atoms with E-state index in [9.17, 15) is 10.1 Å². The number of hydrogen-bond donors (Lipinski definition) is 2. The fourth-order valence-electron chi connectivity index (χ4n) is 2.18. The second-order valence-electron chi connectivity index (χ2n) is 5.03. The summed E-state index contributed by atoms with van der Waals surface area (Å²) in [7, 11) is 0. The maximum absolute atomic E-state index is 12.1. The van der Waals surface area contributed by atoms with Gasteiger partial charge in [-0.25, -0.2) is 0 Å². The molecule has 1 amide bonds. The average Bonchev–Trinajstić information content (AvgIpc) is 2.79. The molecular formula is C19H14N4O. The molecule has 0 saturated heterocycles. The van der Waals surface area contributed by atoms with E-state index in [2.05, 4.69) is 15.6 Å². The molecular weight excluding hydrogens is 300 g/mol. The Labute approximate surface area is 139 Å². The van der Waals surface area contributed by atoms with E-state index in [1.54, 1.807) is 6.08 Å². The van der Waals surface area contributed by atoms with E-state index < -0.39 is 0 Å². The lowest BCUT2D eigenvalue weighted by Crippen LogP contribution is -2.26. The Bertz CT molecular complexity index is 889. The molecule has 1 aliphatic rings. The topological polar surface area (TPSA) is 77.3 Å². The number of benzene rings is 2. The molecule has 0 atom stereocenters. The van der Waals surface area contributed by atoms with Crippen LogP contribution in [0.15, 0.2) is 77.1 Å². The van der Waals surface area contributed by atoms with Gasteiger partial charge in [-0.2, -0.15) is 5.26 Å². The van der Waals surface area contributed by atoms with E-state index in [1.807, 2.05) is 60.7 Å². The second kappa shape index (κ2) is 7.07. The van der Waals surface area contributed by atoms with E-state index >= 15 is 0 Å². The molecule has 5 nitrogen and oxygen atoms in total. The summed E-state index contributed by atoms with van der Waals surface area (Å²) in [5.74, 6) is -0.0178. The van der Waals surface area contributed by atoms with Crippen LogP contribution in [0.5, 0.6) is 0 Å². The molecule has 3 rings (SSSR count). The minimum atomic E-state index is -0.332. The monoisotopic (exact) mass is 314 g/mol. The molecule has 0 aromatic heterocycles. The third kappa shape index (κ3) is 3.57. The van der Waals surface area contributed by atoms with Crippen LogP contribution in [0.1, 0.15) is 5.56 Å². The molecule has 0 aliphatic carbocycles. The summed E-state index contributed by atoms with van der Waals surface area (Å²) in [6, 6.07) is 18.9. The van der Waals surface area contributed by atoms with Crippen LogP contribution < -0.4 is 10.6 Å². The number of rotatable bonds is 3. The third-order valence-electron chi connectivity index (χ3n) is 3.36. The predicted octanol–water partition coefficient (Wildman–Crippen LogP) is 3.38. The van der Waals surface area contributed by atoms with Gasteiger partial charge in [-0.1, -0.05) is 42.5 Å². The molecule has 116 valence electrons. The van der Waals surface area contributed by atoms with Crippen molar-refractivity contribution in [2.75, 3.05) is 5.32 Å². The van der Waals surface area contributed by atoms with Gasteiger partial charge in [-0.3, -0.25) is 9.79 Å². The number of carbonyl (C=O) groups excluding carboxylic acids is 1. The van der Waals surface area contributed by atoms with Crippen molar-refractivity contribution in [1.82, 2.24) is 5.32 Å². The van der Waals surface area contributed by atoms with Crippen molar-refractivity contribution in [1.29, 1.82) is 5.26 Å². The molecule has 5 heteroatoms. The molecule has 2 aromatic carbocycles. The zero-order valence-corrected chi connectivity index (χ0v) is 12.7. The average molecular weight is 314 g/mol.